The van der Waals surface area contributed by atoms with Crippen LogP contribution >= 0.6 is 0 Å². The van der Waals surface area contributed by atoms with Crippen LogP contribution < -0.4 is 0 Å². The van der Waals surface area contributed by atoms with E-state index in [9.17, 15) is 22.4 Å². The number of aromatic nitrogens is 2. The van der Waals surface area contributed by atoms with E-state index in [1.165, 1.54) is 42.6 Å². The van der Waals surface area contributed by atoms with Crippen molar-refractivity contribution < 1.29 is 22.4 Å². The third-order valence-corrected chi connectivity index (χ3v) is 4.76. The third-order valence-electron chi connectivity index (χ3n) is 4.76. The minimum atomic E-state index is -4.46. The second kappa shape index (κ2) is 9.32. The van der Waals surface area contributed by atoms with Crippen molar-refractivity contribution in [1.29, 1.82) is 0 Å². The molecule has 4 nitrogen and oxygen atoms in total. The molecule has 1 amide bonds. The molecule has 1 heterocycles. The van der Waals surface area contributed by atoms with Crippen LogP contribution in [-0.2, 0) is 19.3 Å². The van der Waals surface area contributed by atoms with E-state index in [2.05, 4.69) is 4.98 Å². The van der Waals surface area contributed by atoms with Crippen molar-refractivity contribution in [2.24, 2.45) is 5.92 Å². The first-order chi connectivity index (χ1) is 14.6. The Kier molecular flexibility index (Phi) is 6.77. The van der Waals surface area contributed by atoms with Gasteiger partial charge in [-0.25, -0.2) is 9.37 Å². The third kappa shape index (κ3) is 5.71. The lowest BCUT2D eigenvalue weighted by Gasteiger charge is -2.25. The van der Waals surface area contributed by atoms with Crippen LogP contribution in [0.5, 0.6) is 0 Å². The number of carbonyl (C=O) groups is 1. The van der Waals surface area contributed by atoms with Gasteiger partial charge < -0.3 is 9.47 Å². The number of carbonyl (C=O) groups excluding carboxylic acids is 1. The van der Waals surface area contributed by atoms with E-state index in [4.69, 9.17) is 0 Å². The summed E-state index contributed by atoms with van der Waals surface area (Å²) in [5.41, 5.74) is -0.242. The number of alkyl halides is 3. The predicted molar refractivity (Wildman–Crippen MR) is 109 cm³/mol. The van der Waals surface area contributed by atoms with Crippen molar-refractivity contribution in [1.82, 2.24) is 14.5 Å². The Bertz CT molecular complexity index is 1030. The first kappa shape index (κ1) is 22.5. The second-order valence-corrected chi connectivity index (χ2v) is 7.71. The smallest absolute Gasteiger partial charge is 0.331 e. The van der Waals surface area contributed by atoms with E-state index >= 15 is 0 Å². The molecular weight excluding hydrogens is 410 g/mol. The van der Waals surface area contributed by atoms with E-state index in [0.29, 0.717) is 17.9 Å². The van der Waals surface area contributed by atoms with Crippen molar-refractivity contribution in [3.63, 3.8) is 0 Å². The monoisotopic (exact) mass is 433 g/mol. The lowest BCUT2D eigenvalue weighted by molar-refractivity contribution is -0.138. The molecule has 31 heavy (non-hydrogen) atoms. The molecule has 0 spiro atoms. The van der Waals surface area contributed by atoms with Gasteiger partial charge in [0.2, 0.25) is 0 Å². The van der Waals surface area contributed by atoms with Gasteiger partial charge in [0, 0.05) is 31.0 Å². The van der Waals surface area contributed by atoms with Crippen LogP contribution in [0, 0.1) is 11.7 Å². The molecule has 0 aliphatic heterocycles. The molecule has 8 heteroatoms. The van der Waals surface area contributed by atoms with Gasteiger partial charge in [-0.3, -0.25) is 4.79 Å². The van der Waals surface area contributed by atoms with Crippen molar-refractivity contribution in [3.05, 3.63) is 89.3 Å². The van der Waals surface area contributed by atoms with E-state index < -0.39 is 17.6 Å². The highest BCUT2D eigenvalue weighted by molar-refractivity contribution is 5.94. The quantitative estimate of drug-likeness (QED) is 0.469. The molecule has 3 rings (SSSR count). The molecule has 0 radical (unpaired) electrons. The van der Waals surface area contributed by atoms with Crippen molar-refractivity contribution in [2.45, 2.75) is 33.1 Å². The van der Waals surface area contributed by atoms with Crippen LogP contribution in [0.15, 0.2) is 60.9 Å². The zero-order valence-corrected chi connectivity index (χ0v) is 17.2. The molecule has 0 bridgehead atoms. The van der Waals surface area contributed by atoms with Crippen LogP contribution in [0.2, 0.25) is 0 Å². The fourth-order valence-electron chi connectivity index (χ4n) is 3.36. The lowest BCUT2D eigenvalue weighted by Crippen LogP contribution is -2.34. The van der Waals surface area contributed by atoms with Gasteiger partial charge in [-0.2, -0.15) is 13.2 Å². The topological polar surface area (TPSA) is 38.1 Å². The van der Waals surface area contributed by atoms with Gasteiger partial charge in [-0.15, -0.1) is 0 Å². The van der Waals surface area contributed by atoms with E-state index in [-0.39, 0.29) is 30.5 Å². The molecule has 0 saturated carbocycles. The molecule has 0 unspecified atom stereocenters. The van der Waals surface area contributed by atoms with Gasteiger partial charge in [0.05, 0.1) is 12.1 Å². The highest BCUT2D eigenvalue weighted by atomic mass is 19.4. The minimum absolute atomic E-state index is 0.0225. The summed E-state index contributed by atoms with van der Waals surface area (Å²) in [5.74, 6) is -0.114. The second-order valence-electron chi connectivity index (χ2n) is 7.71. The Labute approximate surface area is 178 Å². The molecule has 164 valence electrons. The molecule has 0 N–H and O–H groups in total. The summed E-state index contributed by atoms with van der Waals surface area (Å²) in [5, 5.41) is 0. The Morgan fingerprint density at radius 2 is 1.77 bits per heavy atom. The van der Waals surface area contributed by atoms with Gasteiger partial charge in [0.15, 0.2) is 0 Å². The fourth-order valence-corrected chi connectivity index (χ4v) is 3.36. The summed E-state index contributed by atoms with van der Waals surface area (Å²) >= 11 is 0. The zero-order chi connectivity index (χ0) is 22.6. The Balaban J connectivity index is 1.86. The highest BCUT2D eigenvalue weighted by Crippen LogP contribution is 2.32. The number of amides is 1. The van der Waals surface area contributed by atoms with Gasteiger partial charge in [0.25, 0.3) is 5.91 Å². The number of hydrogen-bond donors (Lipinski definition) is 0. The van der Waals surface area contributed by atoms with E-state index in [1.807, 2.05) is 13.8 Å². The van der Waals surface area contributed by atoms with Crippen molar-refractivity contribution in [3.8, 4) is 0 Å². The van der Waals surface area contributed by atoms with E-state index in [0.717, 1.165) is 6.07 Å². The fraction of sp³-hybridized carbons (Fsp3) is 0.304. The zero-order valence-electron chi connectivity index (χ0n) is 17.2. The van der Waals surface area contributed by atoms with Crippen LogP contribution in [0.3, 0.4) is 0 Å². The minimum Gasteiger partial charge on any atom is -0.331 e. The van der Waals surface area contributed by atoms with Crippen LogP contribution in [-0.4, -0.2) is 26.9 Å². The summed E-state index contributed by atoms with van der Waals surface area (Å²) in [6, 6.07) is 10.7. The Morgan fingerprint density at radius 3 is 2.42 bits per heavy atom. The molecule has 1 aromatic heterocycles. The number of nitrogens with zero attached hydrogens (tertiary/aromatic N) is 3. The SMILES string of the molecule is CC(C)CN(Cc1nccn1Cc1ccccc1C(F)(F)F)C(=O)c1ccc(F)cc1. The first-order valence-electron chi connectivity index (χ1n) is 9.85. The molecule has 2 aromatic carbocycles. The average molecular weight is 433 g/mol. The van der Waals surface area contributed by atoms with Gasteiger partial charge in [-0.1, -0.05) is 32.0 Å². The van der Waals surface area contributed by atoms with E-state index in [1.54, 1.807) is 21.7 Å². The Morgan fingerprint density at radius 1 is 1.10 bits per heavy atom. The number of halogens is 4. The van der Waals surface area contributed by atoms with Crippen molar-refractivity contribution >= 4 is 5.91 Å². The summed E-state index contributed by atoms with van der Waals surface area (Å²) < 4.78 is 54.9. The number of rotatable bonds is 7. The van der Waals surface area contributed by atoms with Crippen LogP contribution in [0.25, 0.3) is 0 Å². The Hall–Kier alpha value is -3.16. The predicted octanol–water partition coefficient (Wildman–Crippen LogP) is 5.39. The van der Waals surface area contributed by atoms with Gasteiger partial charge in [-0.05, 0) is 41.8 Å². The van der Waals surface area contributed by atoms with Gasteiger partial charge >= 0.3 is 6.18 Å². The van der Waals surface area contributed by atoms with Crippen LogP contribution in [0.4, 0.5) is 17.6 Å². The molecule has 0 aliphatic carbocycles. The molecule has 0 fully saturated rings. The maximum Gasteiger partial charge on any atom is 0.416 e. The van der Waals surface area contributed by atoms with Gasteiger partial charge in [0.1, 0.15) is 11.6 Å². The normalized spacial score (nSPS) is 11.7. The summed E-state index contributed by atoms with van der Waals surface area (Å²) in [6.45, 7) is 4.43. The standard InChI is InChI=1S/C23H23F4N3O/c1-16(2)13-30(22(31)17-7-9-19(24)10-8-17)15-21-28-11-12-29(21)14-18-5-3-4-6-20(18)23(25,26)27/h3-12,16H,13-15H2,1-2H3. The first-order valence-corrected chi connectivity index (χ1v) is 9.85. The molecule has 0 atom stereocenters. The molecular formula is C23H23F4N3O. The number of hydrogen-bond acceptors (Lipinski definition) is 2. The summed E-state index contributed by atoms with van der Waals surface area (Å²) in [4.78, 5) is 18.8. The lowest BCUT2D eigenvalue weighted by atomic mass is 10.1. The van der Waals surface area contributed by atoms with Crippen molar-refractivity contribution in [2.75, 3.05) is 6.54 Å². The molecule has 0 aliphatic rings. The average Bonchev–Trinajstić information content (AvgIpc) is 3.13. The molecule has 3 aromatic rings. The molecule has 0 saturated heterocycles. The number of imidazole rings is 1. The maximum atomic E-state index is 13.3. The van der Waals surface area contributed by atoms with Crippen LogP contribution in [0.1, 0.15) is 41.2 Å². The largest absolute Gasteiger partial charge is 0.416 e. The maximum absolute atomic E-state index is 13.3. The highest BCUT2D eigenvalue weighted by Gasteiger charge is 2.33. The number of benzene rings is 2. The summed E-state index contributed by atoms with van der Waals surface area (Å²) in [7, 11) is 0. The summed E-state index contributed by atoms with van der Waals surface area (Å²) in [6.07, 6.45) is -1.36.